The van der Waals surface area contributed by atoms with Crippen LogP contribution in [0.3, 0.4) is 0 Å². The maximum atomic E-state index is 5.84. The highest BCUT2D eigenvalue weighted by Gasteiger charge is 2.20. The fourth-order valence-electron chi connectivity index (χ4n) is 3.65. The lowest BCUT2D eigenvalue weighted by molar-refractivity contribution is 0.203. The van der Waals surface area contributed by atoms with Crippen LogP contribution in [0.5, 0.6) is 0 Å². The lowest BCUT2D eigenvalue weighted by atomic mass is 9.89. The van der Waals surface area contributed by atoms with E-state index in [1.165, 1.54) is 18.4 Å². The summed E-state index contributed by atoms with van der Waals surface area (Å²) >= 11 is 0. The molecule has 1 saturated heterocycles. The molecule has 3 aromatic rings. The maximum absolute atomic E-state index is 5.84. The van der Waals surface area contributed by atoms with Crippen LogP contribution < -0.4 is 5.73 Å². The van der Waals surface area contributed by atoms with Gasteiger partial charge in [-0.3, -0.25) is 9.88 Å². The molecule has 3 heteroatoms. The zero-order valence-electron chi connectivity index (χ0n) is 13.9. The summed E-state index contributed by atoms with van der Waals surface area (Å²) in [4.78, 5) is 7.31. The van der Waals surface area contributed by atoms with Crippen molar-refractivity contribution in [2.75, 3.05) is 18.8 Å². The van der Waals surface area contributed by atoms with Crippen LogP contribution in [0.1, 0.15) is 30.0 Å². The minimum atomic E-state index is 0.704. The first-order valence-corrected chi connectivity index (χ1v) is 8.70. The number of likely N-dealkylation sites (tertiary alicyclic amines) is 1. The van der Waals surface area contributed by atoms with Crippen LogP contribution in [-0.4, -0.2) is 23.0 Å². The molecule has 122 valence electrons. The van der Waals surface area contributed by atoms with Gasteiger partial charge < -0.3 is 5.73 Å². The van der Waals surface area contributed by atoms with Crippen LogP contribution in [0.2, 0.25) is 0 Å². The monoisotopic (exact) mass is 317 g/mol. The Bertz CT molecular complexity index is 821. The van der Waals surface area contributed by atoms with E-state index in [1.807, 2.05) is 18.2 Å². The Balaban J connectivity index is 1.41. The van der Waals surface area contributed by atoms with Crippen LogP contribution >= 0.6 is 0 Å². The second-order valence-corrected chi connectivity index (χ2v) is 6.72. The van der Waals surface area contributed by atoms with Crippen molar-refractivity contribution in [3.8, 4) is 0 Å². The van der Waals surface area contributed by atoms with Crippen molar-refractivity contribution in [2.24, 2.45) is 0 Å². The molecule has 0 saturated carbocycles. The van der Waals surface area contributed by atoms with Gasteiger partial charge in [0.1, 0.15) is 0 Å². The average Bonchev–Trinajstić information content (AvgIpc) is 2.63. The summed E-state index contributed by atoms with van der Waals surface area (Å²) in [6, 6.07) is 21.1. The Morgan fingerprint density at radius 2 is 1.75 bits per heavy atom. The lowest BCUT2D eigenvalue weighted by Gasteiger charge is -2.32. The predicted molar refractivity (Wildman–Crippen MR) is 99.8 cm³/mol. The molecule has 0 radical (unpaired) electrons. The van der Waals surface area contributed by atoms with E-state index >= 15 is 0 Å². The molecule has 2 N–H and O–H groups in total. The summed E-state index contributed by atoms with van der Waals surface area (Å²) in [5, 5.41) is 1.11. The molecule has 2 aromatic carbocycles. The topological polar surface area (TPSA) is 42.1 Å². The van der Waals surface area contributed by atoms with Gasteiger partial charge in [0.15, 0.2) is 0 Å². The predicted octanol–water partition coefficient (Wildman–Crippen LogP) is 4.20. The normalized spacial score (nSPS) is 16.5. The number of nitrogen functional groups attached to an aromatic ring is 1. The minimum Gasteiger partial charge on any atom is -0.399 e. The molecule has 1 fully saturated rings. The van der Waals surface area contributed by atoms with E-state index in [9.17, 15) is 0 Å². The van der Waals surface area contributed by atoms with Crippen molar-refractivity contribution < 1.29 is 0 Å². The molecular weight excluding hydrogens is 294 g/mol. The molecule has 1 aliphatic rings. The number of anilines is 1. The zero-order chi connectivity index (χ0) is 16.4. The second kappa shape index (κ2) is 6.62. The molecule has 1 aliphatic heterocycles. The van der Waals surface area contributed by atoms with E-state index in [0.29, 0.717) is 5.92 Å². The fourth-order valence-corrected chi connectivity index (χ4v) is 3.65. The van der Waals surface area contributed by atoms with E-state index in [1.54, 1.807) is 0 Å². The average molecular weight is 317 g/mol. The molecule has 0 amide bonds. The molecule has 0 bridgehead atoms. The van der Waals surface area contributed by atoms with Crippen LogP contribution in [0.4, 0.5) is 5.69 Å². The highest BCUT2D eigenvalue weighted by atomic mass is 15.1. The van der Waals surface area contributed by atoms with Gasteiger partial charge in [-0.2, -0.15) is 0 Å². The molecule has 1 aromatic heterocycles. The second-order valence-electron chi connectivity index (χ2n) is 6.72. The van der Waals surface area contributed by atoms with Crippen LogP contribution in [0, 0.1) is 0 Å². The molecule has 24 heavy (non-hydrogen) atoms. The summed E-state index contributed by atoms with van der Waals surface area (Å²) in [5.74, 6) is 0.704. The summed E-state index contributed by atoms with van der Waals surface area (Å²) in [6.07, 6.45) is 2.46. The molecule has 0 aliphatic carbocycles. The van der Waals surface area contributed by atoms with Gasteiger partial charge in [0.05, 0.1) is 11.2 Å². The third-order valence-electron chi connectivity index (χ3n) is 5.02. The minimum absolute atomic E-state index is 0.704. The molecule has 4 rings (SSSR count). The molecule has 0 unspecified atom stereocenters. The van der Waals surface area contributed by atoms with Crippen LogP contribution in [0.15, 0.2) is 60.7 Å². The highest BCUT2D eigenvalue weighted by Crippen LogP contribution is 2.28. The smallest absolute Gasteiger partial charge is 0.0707 e. The molecule has 0 spiro atoms. The number of nitrogens with zero attached hydrogens (tertiary/aromatic N) is 2. The third-order valence-corrected chi connectivity index (χ3v) is 5.02. The standard InChI is InChI=1S/C21H23N3/c22-19-7-9-21-18(14-19)6-8-20(23-21)15-24-12-10-17(11-13-24)16-4-2-1-3-5-16/h1-9,14,17H,10-13,15,22H2. The maximum Gasteiger partial charge on any atom is 0.0707 e. The lowest BCUT2D eigenvalue weighted by Crippen LogP contribution is -2.32. The zero-order valence-corrected chi connectivity index (χ0v) is 13.9. The van der Waals surface area contributed by atoms with Gasteiger partial charge in [-0.25, -0.2) is 0 Å². The Morgan fingerprint density at radius 1 is 0.958 bits per heavy atom. The Hall–Kier alpha value is -2.39. The number of hydrogen-bond acceptors (Lipinski definition) is 3. The first kappa shape index (κ1) is 15.2. The summed E-state index contributed by atoms with van der Waals surface area (Å²) in [6.45, 7) is 3.21. The van der Waals surface area contributed by atoms with Gasteiger partial charge in [0.25, 0.3) is 0 Å². The van der Waals surface area contributed by atoms with E-state index < -0.39 is 0 Å². The first-order chi connectivity index (χ1) is 11.8. The van der Waals surface area contributed by atoms with Gasteiger partial charge in [0, 0.05) is 17.6 Å². The number of benzene rings is 2. The SMILES string of the molecule is Nc1ccc2nc(CN3CCC(c4ccccc4)CC3)ccc2c1. The van der Waals surface area contributed by atoms with Crippen molar-refractivity contribution in [3.05, 3.63) is 71.9 Å². The summed E-state index contributed by atoms with van der Waals surface area (Å²) in [7, 11) is 0. The van der Waals surface area contributed by atoms with Crippen molar-refractivity contribution in [3.63, 3.8) is 0 Å². The van der Waals surface area contributed by atoms with Crippen molar-refractivity contribution in [1.82, 2.24) is 9.88 Å². The van der Waals surface area contributed by atoms with E-state index in [2.05, 4.69) is 47.4 Å². The largest absolute Gasteiger partial charge is 0.399 e. The summed E-state index contributed by atoms with van der Waals surface area (Å²) < 4.78 is 0. The van der Waals surface area contributed by atoms with E-state index in [4.69, 9.17) is 10.7 Å². The third kappa shape index (κ3) is 3.26. The first-order valence-electron chi connectivity index (χ1n) is 8.70. The quantitative estimate of drug-likeness (QED) is 0.736. The Kier molecular flexibility index (Phi) is 4.18. The number of rotatable bonds is 3. The van der Waals surface area contributed by atoms with Crippen molar-refractivity contribution in [2.45, 2.75) is 25.3 Å². The van der Waals surface area contributed by atoms with E-state index in [0.717, 1.165) is 41.9 Å². The van der Waals surface area contributed by atoms with E-state index in [-0.39, 0.29) is 0 Å². The fraction of sp³-hybridized carbons (Fsp3) is 0.286. The molecule has 0 atom stereocenters. The van der Waals surface area contributed by atoms with Gasteiger partial charge in [-0.05, 0) is 61.7 Å². The van der Waals surface area contributed by atoms with Crippen LogP contribution in [0.25, 0.3) is 10.9 Å². The van der Waals surface area contributed by atoms with Gasteiger partial charge in [0.2, 0.25) is 0 Å². The van der Waals surface area contributed by atoms with Crippen LogP contribution in [-0.2, 0) is 6.54 Å². The van der Waals surface area contributed by atoms with Gasteiger partial charge in [-0.1, -0.05) is 36.4 Å². The number of aromatic nitrogens is 1. The number of hydrogen-bond donors (Lipinski definition) is 1. The van der Waals surface area contributed by atoms with Crippen molar-refractivity contribution >= 4 is 16.6 Å². The molecule has 3 nitrogen and oxygen atoms in total. The number of piperidine rings is 1. The highest BCUT2D eigenvalue weighted by molar-refractivity contribution is 5.81. The van der Waals surface area contributed by atoms with Gasteiger partial charge >= 0.3 is 0 Å². The summed E-state index contributed by atoms with van der Waals surface area (Å²) in [5.41, 5.74) is 10.3. The molecule has 2 heterocycles. The van der Waals surface area contributed by atoms with Crippen molar-refractivity contribution in [1.29, 1.82) is 0 Å². The molecular formula is C21H23N3. The van der Waals surface area contributed by atoms with Gasteiger partial charge in [-0.15, -0.1) is 0 Å². The number of fused-ring (bicyclic) bond motifs is 1. The Morgan fingerprint density at radius 3 is 2.54 bits per heavy atom. The Labute approximate surface area is 143 Å². The number of pyridine rings is 1. The number of nitrogens with two attached hydrogens (primary N) is 1.